The van der Waals surface area contributed by atoms with Crippen molar-refractivity contribution in [1.82, 2.24) is 9.13 Å². The summed E-state index contributed by atoms with van der Waals surface area (Å²) >= 11 is 0. The van der Waals surface area contributed by atoms with E-state index in [-0.39, 0.29) is 5.69 Å². The van der Waals surface area contributed by atoms with Crippen LogP contribution in [0.4, 0.5) is 0 Å². The number of aryl methyl sites for hydroxylation is 3. The lowest BCUT2D eigenvalue weighted by atomic mass is 9.81. The minimum absolute atomic E-state index is 0.141. The molecule has 1 aromatic heterocycles. The summed E-state index contributed by atoms with van der Waals surface area (Å²) in [4.78, 5) is 12.3. The van der Waals surface area contributed by atoms with Gasteiger partial charge in [0, 0.05) is 20.3 Å². The van der Waals surface area contributed by atoms with Crippen LogP contribution >= 0.6 is 0 Å². The van der Waals surface area contributed by atoms with E-state index >= 15 is 0 Å². The number of hydrogen-bond donors (Lipinski definition) is 1. The van der Waals surface area contributed by atoms with Gasteiger partial charge in [-0.25, -0.2) is 4.79 Å². The van der Waals surface area contributed by atoms with Crippen molar-refractivity contribution in [3.05, 3.63) is 93.2 Å². The molecule has 122 valence electrons. The van der Waals surface area contributed by atoms with Crippen LogP contribution in [0.1, 0.15) is 27.9 Å². The molecule has 0 aliphatic heterocycles. The fourth-order valence-corrected chi connectivity index (χ4v) is 3.87. The molecule has 4 heteroatoms. The first-order valence-electron chi connectivity index (χ1n) is 8.15. The minimum atomic E-state index is -1.33. The summed E-state index contributed by atoms with van der Waals surface area (Å²) in [6.07, 6.45) is 3.48. The number of benzene rings is 2. The predicted molar refractivity (Wildman–Crippen MR) is 93.0 cm³/mol. The number of nitrogens with zero attached hydrogens (tertiary/aromatic N) is 2. The molecule has 0 bridgehead atoms. The quantitative estimate of drug-likeness (QED) is 0.746. The van der Waals surface area contributed by atoms with Crippen LogP contribution in [0.5, 0.6) is 0 Å². The van der Waals surface area contributed by atoms with E-state index < -0.39 is 5.60 Å². The molecule has 24 heavy (non-hydrogen) atoms. The second-order valence-electron chi connectivity index (χ2n) is 6.49. The van der Waals surface area contributed by atoms with E-state index in [0.717, 1.165) is 35.1 Å². The third-order valence-corrected chi connectivity index (χ3v) is 5.11. The molecular formula is C20H20N2O2. The number of rotatable bonds is 1. The SMILES string of the molecule is Cn1cc(C2(O)c3ccccc3CCc3ccccc32)n(C)c1=O. The molecule has 0 saturated heterocycles. The summed E-state index contributed by atoms with van der Waals surface area (Å²) in [7, 11) is 3.43. The molecule has 0 amide bonds. The van der Waals surface area contributed by atoms with Crippen molar-refractivity contribution in [1.29, 1.82) is 0 Å². The van der Waals surface area contributed by atoms with E-state index in [1.54, 1.807) is 24.9 Å². The van der Waals surface area contributed by atoms with Crippen LogP contribution in [-0.4, -0.2) is 14.2 Å². The van der Waals surface area contributed by atoms with Gasteiger partial charge in [0.2, 0.25) is 0 Å². The van der Waals surface area contributed by atoms with Gasteiger partial charge in [-0.05, 0) is 35.1 Å². The van der Waals surface area contributed by atoms with Crippen molar-refractivity contribution in [3.63, 3.8) is 0 Å². The minimum Gasteiger partial charge on any atom is -0.374 e. The largest absolute Gasteiger partial charge is 0.374 e. The van der Waals surface area contributed by atoms with Crippen molar-refractivity contribution >= 4 is 0 Å². The first-order chi connectivity index (χ1) is 11.5. The van der Waals surface area contributed by atoms with E-state index in [9.17, 15) is 9.90 Å². The molecule has 0 radical (unpaired) electrons. The molecule has 1 N–H and O–H groups in total. The van der Waals surface area contributed by atoms with Crippen molar-refractivity contribution in [3.8, 4) is 0 Å². The van der Waals surface area contributed by atoms with Crippen LogP contribution in [-0.2, 0) is 32.5 Å². The Labute approximate surface area is 140 Å². The number of aromatic nitrogens is 2. The molecule has 0 unspecified atom stereocenters. The molecule has 0 spiro atoms. The molecule has 1 aliphatic carbocycles. The van der Waals surface area contributed by atoms with E-state index in [1.165, 1.54) is 4.57 Å². The zero-order chi connectivity index (χ0) is 16.9. The van der Waals surface area contributed by atoms with Crippen molar-refractivity contribution < 1.29 is 5.11 Å². The Morgan fingerprint density at radius 3 is 1.88 bits per heavy atom. The van der Waals surface area contributed by atoms with Crippen molar-refractivity contribution in [2.45, 2.75) is 18.4 Å². The normalized spacial score (nSPS) is 15.5. The molecule has 1 aliphatic rings. The van der Waals surface area contributed by atoms with Crippen LogP contribution in [0.25, 0.3) is 0 Å². The Bertz CT molecular complexity index is 934. The van der Waals surface area contributed by atoms with E-state index in [4.69, 9.17) is 0 Å². The Morgan fingerprint density at radius 1 is 0.917 bits per heavy atom. The maximum atomic E-state index is 12.3. The maximum Gasteiger partial charge on any atom is 0.327 e. The highest BCUT2D eigenvalue weighted by Gasteiger charge is 2.41. The molecule has 0 fully saturated rings. The van der Waals surface area contributed by atoms with Crippen molar-refractivity contribution in [2.24, 2.45) is 14.1 Å². The lowest BCUT2D eigenvalue weighted by Crippen LogP contribution is -2.34. The van der Waals surface area contributed by atoms with Gasteiger partial charge >= 0.3 is 5.69 Å². The predicted octanol–water partition coefficient (Wildman–Crippen LogP) is 2.11. The molecule has 4 rings (SSSR count). The number of imidazole rings is 1. The highest BCUT2D eigenvalue weighted by Crippen LogP contribution is 2.42. The zero-order valence-electron chi connectivity index (χ0n) is 13.9. The van der Waals surface area contributed by atoms with Crippen LogP contribution < -0.4 is 5.69 Å². The first-order valence-corrected chi connectivity index (χ1v) is 8.15. The van der Waals surface area contributed by atoms with E-state index in [1.807, 2.05) is 36.4 Å². The number of aliphatic hydroxyl groups is 1. The van der Waals surface area contributed by atoms with Gasteiger partial charge in [-0.1, -0.05) is 48.5 Å². The van der Waals surface area contributed by atoms with Crippen LogP contribution in [0.15, 0.2) is 59.5 Å². The Morgan fingerprint density at radius 2 is 1.42 bits per heavy atom. The van der Waals surface area contributed by atoms with Gasteiger partial charge in [-0.15, -0.1) is 0 Å². The Hall–Kier alpha value is -2.59. The van der Waals surface area contributed by atoms with Gasteiger partial charge in [0.1, 0.15) is 0 Å². The lowest BCUT2D eigenvalue weighted by molar-refractivity contribution is 0.116. The summed E-state index contributed by atoms with van der Waals surface area (Å²) in [6, 6.07) is 15.9. The van der Waals surface area contributed by atoms with Gasteiger partial charge in [-0.2, -0.15) is 0 Å². The summed E-state index contributed by atoms with van der Waals surface area (Å²) in [5.41, 5.74) is 3.07. The molecule has 0 atom stereocenters. The third kappa shape index (κ3) is 1.93. The second-order valence-corrected chi connectivity index (χ2v) is 6.49. The molecular weight excluding hydrogens is 300 g/mol. The van der Waals surface area contributed by atoms with Crippen LogP contribution in [0.2, 0.25) is 0 Å². The standard InChI is InChI=1S/C20H20N2O2/c1-21-13-18(22(2)19(21)23)20(24)16-9-5-3-7-14(16)11-12-15-8-4-6-10-17(15)20/h3-10,13,24H,11-12H2,1-2H3. The Kier molecular flexibility index (Phi) is 3.25. The fourth-order valence-electron chi connectivity index (χ4n) is 3.87. The second kappa shape index (κ2) is 5.21. The van der Waals surface area contributed by atoms with Gasteiger partial charge in [0.05, 0.1) is 5.69 Å². The summed E-state index contributed by atoms with van der Waals surface area (Å²) in [6.45, 7) is 0. The monoisotopic (exact) mass is 320 g/mol. The van der Waals surface area contributed by atoms with Gasteiger partial charge in [-0.3, -0.25) is 4.57 Å². The van der Waals surface area contributed by atoms with Crippen molar-refractivity contribution in [2.75, 3.05) is 0 Å². The first kappa shape index (κ1) is 15.0. The summed E-state index contributed by atoms with van der Waals surface area (Å²) < 4.78 is 3.06. The summed E-state index contributed by atoms with van der Waals surface area (Å²) in [5.74, 6) is 0. The summed E-state index contributed by atoms with van der Waals surface area (Å²) in [5, 5.41) is 12.0. The molecule has 3 aromatic rings. The Balaban J connectivity index is 2.13. The number of hydrogen-bond acceptors (Lipinski definition) is 2. The van der Waals surface area contributed by atoms with Crippen LogP contribution in [0.3, 0.4) is 0 Å². The topological polar surface area (TPSA) is 47.2 Å². The third-order valence-electron chi connectivity index (χ3n) is 5.11. The molecule has 0 saturated carbocycles. The molecule has 2 aromatic carbocycles. The highest BCUT2D eigenvalue weighted by molar-refractivity contribution is 5.52. The van der Waals surface area contributed by atoms with Gasteiger partial charge < -0.3 is 9.67 Å². The fraction of sp³-hybridized carbons (Fsp3) is 0.250. The molecule has 1 heterocycles. The highest BCUT2D eigenvalue weighted by atomic mass is 16.3. The smallest absolute Gasteiger partial charge is 0.327 e. The van der Waals surface area contributed by atoms with E-state index in [0.29, 0.717) is 5.69 Å². The average molecular weight is 320 g/mol. The molecule has 4 nitrogen and oxygen atoms in total. The average Bonchev–Trinajstić information content (AvgIpc) is 2.80. The zero-order valence-corrected chi connectivity index (χ0v) is 13.9. The van der Waals surface area contributed by atoms with Crippen LogP contribution in [0, 0.1) is 0 Å². The van der Waals surface area contributed by atoms with E-state index in [2.05, 4.69) is 12.1 Å². The maximum absolute atomic E-state index is 12.3. The number of fused-ring (bicyclic) bond motifs is 2. The van der Waals surface area contributed by atoms with Gasteiger partial charge in [0.15, 0.2) is 5.60 Å². The lowest BCUT2D eigenvalue weighted by Gasteiger charge is -2.31. The van der Waals surface area contributed by atoms with Gasteiger partial charge in [0.25, 0.3) is 0 Å².